The minimum Gasteiger partial charge on any atom is -0.312 e. The van der Waals surface area contributed by atoms with Crippen molar-refractivity contribution in [3.8, 4) is 0 Å². The first kappa shape index (κ1) is 14.4. The summed E-state index contributed by atoms with van der Waals surface area (Å²) in [5.41, 5.74) is 10.8. The highest BCUT2D eigenvalue weighted by molar-refractivity contribution is 5.34. The molecule has 2 aromatic carbocycles. The second-order valence-electron chi connectivity index (χ2n) is 4.98. The third-order valence-electron chi connectivity index (χ3n) is 3.53. The van der Waals surface area contributed by atoms with Gasteiger partial charge in [-0.25, -0.2) is 0 Å². The molecule has 0 spiro atoms. The summed E-state index contributed by atoms with van der Waals surface area (Å²) in [5, 5.41) is 3.29. The highest BCUT2D eigenvalue weighted by Crippen LogP contribution is 2.20. The molecule has 0 fully saturated rings. The summed E-state index contributed by atoms with van der Waals surface area (Å²) in [6.45, 7) is 7.86. The molecule has 0 radical (unpaired) electrons. The fourth-order valence-corrected chi connectivity index (χ4v) is 2.12. The normalized spacial score (nSPS) is 13.8. The summed E-state index contributed by atoms with van der Waals surface area (Å²) in [6, 6.07) is 16.2. The van der Waals surface area contributed by atoms with E-state index in [2.05, 4.69) is 49.1 Å². The lowest BCUT2D eigenvalue weighted by molar-refractivity contribution is 0.467. The molecular weight excluding hydrogens is 246 g/mol. The first-order valence-electron chi connectivity index (χ1n) is 6.71. The van der Waals surface area contributed by atoms with Crippen LogP contribution in [0.2, 0.25) is 0 Å². The lowest BCUT2D eigenvalue weighted by atomic mass is 10.0. The lowest BCUT2D eigenvalue weighted by Gasteiger charge is -2.21. The molecule has 104 valence electrons. The first-order valence-corrected chi connectivity index (χ1v) is 6.71. The van der Waals surface area contributed by atoms with Gasteiger partial charge in [-0.15, -0.1) is 0 Å². The van der Waals surface area contributed by atoms with E-state index in [4.69, 9.17) is 5.73 Å². The fraction of sp³-hybridized carbons (Fsp3) is 0.235. The summed E-state index contributed by atoms with van der Waals surface area (Å²) < 4.78 is 0. The molecule has 0 saturated carbocycles. The molecule has 20 heavy (non-hydrogen) atoms. The van der Waals surface area contributed by atoms with E-state index in [1.165, 1.54) is 11.1 Å². The summed E-state index contributed by atoms with van der Waals surface area (Å²) in [7, 11) is 0. The highest BCUT2D eigenvalue weighted by atomic mass is 15.1. The molecule has 0 bridgehead atoms. The van der Waals surface area contributed by atoms with Crippen molar-refractivity contribution in [1.82, 2.24) is 5.32 Å². The van der Waals surface area contributed by atoms with Crippen LogP contribution in [0.4, 0.5) is 0 Å². The monoisotopic (exact) mass is 267 g/mol. The van der Waals surface area contributed by atoms with Crippen molar-refractivity contribution in [3.05, 3.63) is 70.8 Å². The van der Waals surface area contributed by atoms with Crippen LogP contribution in [-0.4, -0.2) is 6.72 Å². The van der Waals surface area contributed by atoms with Crippen molar-refractivity contribution in [2.45, 2.75) is 26.2 Å². The van der Waals surface area contributed by atoms with E-state index in [0.29, 0.717) is 0 Å². The number of aryl methyl sites for hydroxylation is 2. The Morgan fingerprint density at radius 2 is 1.70 bits per heavy atom. The molecular formula is C17H21N3. The van der Waals surface area contributed by atoms with E-state index in [1.54, 1.807) is 0 Å². The topological polar surface area (TPSA) is 50.4 Å². The molecule has 0 heterocycles. The molecule has 0 aliphatic carbocycles. The highest BCUT2D eigenvalue weighted by Gasteiger charge is 2.14. The van der Waals surface area contributed by atoms with Crippen LogP contribution in [0, 0.1) is 13.8 Å². The molecule has 0 aromatic heterocycles. The van der Waals surface area contributed by atoms with Gasteiger partial charge in [0.2, 0.25) is 0 Å². The second kappa shape index (κ2) is 6.46. The number of hydrogen-bond donors (Lipinski definition) is 2. The van der Waals surface area contributed by atoms with Crippen LogP contribution in [-0.2, 0) is 0 Å². The summed E-state index contributed by atoms with van der Waals surface area (Å²) >= 11 is 0. The number of hydrogen-bond acceptors (Lipinski definition) is 3. The summed E-state index contributed by atoms with van der Waals surface area (Å²) in [4.78, 5) is 4.15. The quantitative estimate of drug-likeness (QED) is 0.645. The van der Waals surface area contributed by atoms with Crippen molar-refractivity contribution in [3.63, 3.8) is 0 Å². The molecule has 2 rings (SSSR count). The maximum absolute atomic E-state index is 6.18. The number of benzene rings is 2. The van der Waals surface area contributed by atoms with Gasteiger partial charge in [-0.2, -0.15) is 0 Å². The predicted molar refractivity (Wildman–Crippen MR) is 84.7 cm³/mol. The largest absolute Gasteiger partial charge is 0.312 e. The fourth-order valence-electron chi connectivity index (χ4n) is 2.12. The number of nitrogens with one attached hydrogen (secondary N) is 1. The Hall–Kier alpha value is -1.97. The van der Waals surface area contributed by atoms with Gasteiger partial charge in [0.1, 0.15) is 6.17 Å². The number of nitrogens with zero attached hydrogens (tertiary/aromatic N) is 1. The predicted octanol–water partition coefficient (Wildman–Crippen LogP) is 3.25. The molecule has 3 N–H and O–H groups in total. The Morgan fingerprint density at radius 1 is 1.00 bits per heavy atom. The van der Waals surface area contributed by atoms with Gasteiger partial charge >= 0.3 is 0 Å². The van der Waals surface area contributed by atoms with Crippen molar-refractivity contribution in [1.29, 1.82) is 0 Å². The van der Waals surface area contributed by atoms with Crippen molar-refractivity contribution in [2.75, 3.05) is 0 Å². The maximum atomic E-state index is 6.18. The Morgan fingerprint density at radius 3 is 2.30 bits per heavy atom. The van der Waals surface area contributed by atoms with E-state index < -0.39 is 0 Å². The van der Waals surface area contributed by atoms with E-state index >= 15 is 0 Å². The van der Waals surface area contributed by atoms with Gasteiger partial charge in [-0.05, 0) is 42.8 Å². The smallest absolute Gasteiger partial charge is 0.126 e. The van der Waals surface area contributed by atoms with Crippen LogP contribution >= 0.6 is 0 Å². The minimum absolute atomic E-state index is 0.204. The molecule has 3 heteroatoms. The third kappa shape index (κ3) is 3.32. The molecule has 3 nitrogen and oxygen atoms in total. The van der Waals surface area contributed by atoms with E-state index in [1.807, 2.05) is 30.3 Å². The average Bonchev–Trinajstić information content (AvgIpc) is 2.48. The molecule has 0 aliphatic heterocycles. The van der Waals surface area contributed by atoms with Crippen molar-refractivity contribution < 1.29 is 0 Å². The maximum Gasteiger partial charge on any atom is 0.126 e. The van der Waals surface area contributed by atoms with Gasteiger partial charge in [-0.3, -0.25) is 10.3 Å². The Labute approximate surface area is 120 Å². The zero-order valence-electron chi connectivity index (χ0n) is 12.0. The Kier molecular flexibility index (Phi) is 4.66. The molecule has 0 amide bonds. The van der Waals surface area contributed by atoms with Gasteiger partial charge in [-0.1, -0.05) is 48.5 Å². The van der Waals surface area contributed by atoms with Crippen LogP contribution in [0.3, 0.4) is 0 Å². The second-order valence-corrected chi connectivity index (χ2v) is 4.98. The van der Waals surface area contributed by atoms with Crippen LogP contribution in [0.25, 0.3) is 0 Å². The van der Waals surface area contributed by atoms with Crippen LogP contribution in [0.5, 0.6) is 0 Å². The van der Waals surface area contributed by atoms with Gasteiger partial charge in [0.05, 0.1) is 6.17 Å². The molecule has 0 saturated heterocycles. The van der Waals surface area contributed by atoms with E-state index in [-0.39, 0.29) is 12.3 Å². The van der Waals surface area contributed by atoms with Gasteiger partial charge in [0.25, 0.3) is 0 Å². The Balaban J connectivity index is 2.16. The molecule has 2 atom stereocenters. The third-order valence-corrected chi connectivity index (χ3v) is 3.53. The van der Waals surface area contributed by atoms with Gasteiger partial charge < -0.3 is 5.73 Å². The molecule has 2 aromatic rings. The summed E-state index contributed by atoms with van der Waals surface area (Å²) in [5.74, 6) is 0. The minimum atomic E-state index is -0.270. The SMILES string of the molecule is C=NC(NC(N)c1ccccc1)c1ccc(C)c(C)c1. The zero-order valence-corrected chi connectivity index (χ0v) is 12.0. The number of nitrogens with two attached hydrogens (primary N) is 1. The summed E-state index contributed by atoms with van der Waals surface area (Å²) in [6.07, 6.45) is -0.474. The van der Waals surface area contributed by atoms with E-state index in [9.17, 15) is 0 Å². The van der Waals surface area contributed by atoms with Gasteiger partial charge in [0.15, 0.2) is 0 Å². The lowest BCUT2D eigenvalue weighted by Crippen LogP contribution is -2.31. The molecule has 0 aliphatic rings. The number of aliphatic imine (C=N–C) groups is 1. The number of rotatable bonds is 5. The van der Waals surface area contributed by atoms with Crippen LogP contribution in [0.15, 0.2) is 53.5 Å². The first-order chi connectivity index (χ1) is 9.61. The zero-order chi connectivity index (χ0) is 14.5. The Bertz CT molecular complexity index is 578. The van der Waals surface area contributed by atoms with Crippen LogP contribution < -0.4 is 11.1 Å². The molecule has 2 unspecified atom stereocenters. The standard InChI is InChI=1S/C17H21N3/c1-12-9-10-15(11-13(12)2)17(19-3)20-16(18)14-7-5-4-6-8-14/h4-11,16-17,20H,3,18H2,1-2H3. The van der Waals surface area contributed by atoms with E-state index in [0.717, 1.165) is 11.1 Å². The van der Waals surface area contributed by atoms with Crippen LogP contribution in [0.1, 0.15) is 34.6 Å². The average molecular weight is 267 g/mol. The van der Waals surface area contributed by atoms with Crippen molar-refractivity contribution in [2.24, 2.45) is 10.7 Å². The van der Waals surface area contributed by atoms with Crippen molar-refractivity contribution >= 4 is 6.72 Å². The van der Waals surface area contributed by atoms with Gasteiger partial charge in [0, 0.05) is 0 Å².